The smallest absolute Gasteiger partial charge is 0.306 e. The minimum Gasteiger partial charge on any atom is -0.481 e. The van der Waals surface area contributed by atoms with Gasteiger partial charge >= 0.3 is 5.97 Å². The van der Waals surface area contributed by atoms with Gasteiger partial charge in [-0.3, -0.25) is 9.59 Å². The van der Waals surface area contributed by atoms with E-state index < -0.39 is 5.97 Å². The Morgan fingerprint density at radius 3 is 2.14 bits per heavy atom. The molecule has 1 N–H and O–H groups in total. The van der Waals surface area contributed by atoms with Crippen LogP contribution in [0.5, 0.6) is 0 Å². The second-order valence-electron chi connectivity index (χ2n) is 5.44. The summed E-state index contributed by atoms with van der Waals surface area (Å²) < 4.78 is 0. The van der Waals surface area contributed by atoms with E-state index in [9.17, 15) is 9.59 Å². The van der Waals surface area contributed by atoms with Crippen LogP contribution in [-0.4, -0.2) is 24.0 Å². The number of nitrogens with zero attached hydrogens (tertiary/aromatic N) is 2. The van der Waals surface area contributed by atoms with Crippen LogP contribution >= 0.6 is 0 Å². The number of carboxylic acids is 1. The predicted octanol–water partition coefficient (Wildman–Crippen LogP) is 2.41. The Kier molecular flexibility index (Phi) is 4.59. The van der Waals surface area contributed by atoms with Gasteiger partial charge < -0.3 is 10.0 Å². The predicted molar refractivity (Wildman–Crippen MR) is 77.7 cm³/mol. The van der Waals surface area contributed by atoms with Crippen molar-refractivity contribution in [3.63, 3.8) is 0 Å². The van der Waals surface area contributed by atoms with Gasteiger partial charge in [-0.05, 0) is 49.9 Å². The van der Waals surface area contributed by atoms with Crippen molar-refractivity contribution in [3.8, 4) is 6.07 Å². The molecule has 5 heteroatoms. The summed E-state index contributed by atoms with van der Waals surface area (Å²) in [6, 6.07) is 8.90. The summed E-state index contributed by atoms with van der Waals surface area (Å²) in [5, 5.41) is 17.7. The summed E-state index contributed by atoms with van der Waals surface area (Å²) in [5.74, 6) is -1.17. The molecule has 2 rings (SSSR count). The molecule has 0 spiro atoms. The number of hydrogen-bond acceptors (Lipinski definition) is 3. The van der Waals surface area contributed by atoms with Crippen molar-refractivity contribution in [2.45, 2.75) is 25.7 Å². The largest absolute Gasteiger partial charge is 0.481 e. The first kappa shape index (κ1) is 15.0. The molecular formula is C16H18N2O3. The Bertz CT molecular complexity index is 566. The van der Waals surface area contributed by atoms with Gasteiger partial charge in [-0.1, -0.05) is 0 Å². The number of carbonyl (C=O) groups is 2. The molecule has 0 heterocycles. The van der Waals surface area contributed by atoms with E-state index in [4.69, 9.17) is 10.4 Å². The Labute approximate surface area is 123 Å². The number of benzene rings is 1. The summed E-state index contributed by atoms with van der Waals surface area (Å²) in [6.45, 7) is 0. The fourth-order valence-corrected chi connectivity index (χ4v) is 2.75. The molecule has 0 unspecified atom stereocenters. The number of nitriles is 1. The van der Waals surface area contributed by atoms with Crippen LogP contribution in [0.4, 0.5) is 5.69 Å². The van der Waals surface area contributed by atoms with E-state index >= 15 is 0 Å². The zero-order valence-corrected chi connectivity index (χ0v) is 12.0. The summed E-state index contributed by atoms with van der Waals surface area (Å²) in [7, 11) is 1.72. The number of aliphatic carboxylic acids is 1. The summed E-state index contributed by atoms with van der Waals surface area (Å²) >= 11 is 0. The zero-order chi connectivity index (χ0) is 15.4. The lowest BCUT2D eigenvalue weighted by Gasteiger charge is -2.29. The highest BCUT2D eigenvalue weighted by molar-refractivity contribution is 5.94. The number of amides is 1. The van der Waals surface area contributed by atoms with Crippen molar-refractivity contribution in [2.75, 3.05) is 11.9 Å². The third-order valence-electron chi connectivity index (χ3n) is 4.14. The van der Waals surface area contributed by atoms with Gasteiger partial charge in [-0.2, -0.15) is 5.26 Å². The molecular weight excluding hydrogens is 268 g/mol. The van der Waals surface area contributed by atoms with Crippen LogP contribution in [0.3, 0.4) is 0 Å². The Morgan fingerprint density at radius 2 is 1.67 bits per heavy atom. The zero-order valence-electron chi connectivity index (χ0n) is 12.0. The van der Waals surface area contributed by atoms with Crippen LogP contribution in [0.25, 0.3) is 0 Å². The number of hydrogen-bond donors (Lipinski definition) is 1. The normalized spacial score (nSPS) is 21.3. The van der Waals surface area contributed by atoms with E-state index in [1.807, 2.05) is 6.07 Å². The Balaban J connectivity index is 1.99. The van der Waals surface area contributed by atoms with Gasteiger partial charge in [0, 0.05) is 18.7 Å². The van der Waals surface area contributed by atoms with Crippen molar-refractivity contribution >= 4 is 17.6 Å². The highest BCUT2D eigenvalue weighted by atomic mass is 16.4. The van der Waals surface area contributed by atoms with Crippen LogP contribution in [-0.2, 0) is 9.59 Å². The SMILES string of the molecule is CN(C(=O)C1CCC(C(=O)O)CC1)c1ccc(C#N)cc1. The maximum absolute atomic E-state index is 12.4. The number of anilines is 1. The van der Waals surface area contributed by atoms with Gasteiger partial charge in [-0.25, -0.2) is 0 Å². The molecule has 5 nitrogen and oxygen atoms in total. The molecule has 21 heavy (non-hydrogen) atoms. The van der Waals surface area contributed by atoms with E-state index in [2.05, 4.69) is 0 Å². The van der Waals surface area contributed by atoms with Crippen molar-refractivity contribution in [1.82, 2.24) is 0 Å². The molecule has 1 aliphatic rings. The highest BCUT2D eigenvalue weighted by Gasteiger charge is 2.31. The van der Waals surface area contributed by atoms with Crippen molar-refractivity contribution in [1.29, 1.82) is 5.26 Å². The van der Waals surface area contributed by atoms with Crippen LogP contribution < -0.4 is 4.90 Å². The van der Waals surface area contributed by atoms with Gasteiger partial charge in [0.25, 0.3) is 0 Å². The number of carboxylic acid groups (broad SMARTS) is 1. The van der Waals surface area contributed by atoms with Crippen molar-refractivity contribution in [3.05, 3.63) is 29.8 Å². The molecule has 0 aliphatic heterocycles. The van der Waals surface area contributed by atoms with Gasteiger partial charge in [0.15, 0.2) is 0 Å². The molecule has 0 radical (unpaired) electrons. The maximum Gasteiger partial charge on any atom is 0.306 e. The first-order chi connectivity index (χ1) is 10.0. The third-order valence-corrected chi connectivity index (χ3v) is 4.14. The molecule has 1 aliphatic carbocycles. The average Bonchev–Trinajstić information content (AvgIpc) is 2.53. The molecule has 0 aromatic heterocycles. The lowest BCUT2D eigenvalue weighted by molar-refractivity contribution is -0.143. The first-order valence-corrected chi connectivity index (χ1v) is 7.03. The van der Waals surface area contributed by atoms with Crippen molar-refractivity contribution < 1.29 is 14.7 Å². The molecule has 1 saturated carbocycles. The Hall–Kier alpha value is -2.35. The van der Waals surface area contributed by atoms with Crippen LogP contribution in [0, 0.1) is 23.2 Å². The highest BCUT2D eigenvalue weighted by Crippen LogP contribution is 2.31. The fraction of sp³-hybridized carbons (Fsp3) is 0.438. The standard InChI is InChI=1S/C16H18N2O3/c1-18(14-8-2-11(10-17)3-9-14)15(19)12-4-6-13(7-5-12)16(20)21/h2-3,8-9,12-13H,4-7H2,1H3,(H,20,21). The number of carbonyl (C=O) groups excluding carboxylic acids is 1. The summed E-state index contributed by atoms with van der Waals surface area (Å²) in [4.78, 5) is 25.0. The van der Waals surface area contributed by atoms with E-state index in [1.54, 1.807) is 36.2 Å². The third kappa shape index (κ3) is 3.40. The van der Waals surface area contributed by atoms with E-state index in [0.29, 0.717) is 31.2 Å². The lowest BCUT2D eigenvalue weighted by Crippen LogP contribution is -2.35. The van der Waals surface area contributed by atoms with Gasteiger partial charge in [-0.15, -0.1) is 0 Å². The van der Waals surface area contributed by atoms with Gasteiger partial charge in [0.05, 0.1) is 17.6 Å². The van der Waals surface area contributed by atoms with Crippen molar-refractivity contribution in [2.24, 2.45) is 11.8 Å². The average molecular weight is 286 g/mol. The van der Waals surface area contributed by atoms with E-state index in [1.165, 1.54) is 0 Å². The van der Waals surface area contributed by atoms with E-state index in [-0.39, 0.29) is 17.7 Å². The Morgan fingerprint density at radius 1 is 1.14 bits per heavy atom. The quantitative estimate of drug-likeness (QED) is 0.925. The first-order valence-electron chi connectivity index (χ1n) is 7.03. The molecule has 1 aromatic carbocycles. The second-order valence-corrected chi connectivity index (χ2v) is 5.44. The second kappa shape index (κ2) is 6.40. The minimum atomic E-state index is -0.763. The molecule has 110 valence electrons. The van der Waals surface area contributed by atoms with Gasteiger partial charge in [0.2, 0.25) is 5.91 Å². The topological polar surface area (TPSA) is 81.4 Å². The molecule has 0 bridgehead atoms. The monoisotopic (exact) mass is 286 g/mol. The minimum absolute atomic E-state index is 0.0172. The summed E-state index contributed by atoms with van der Waals surface area (Å²) in [5.41, 5.74) is 1.31. The van der Waals surface area contributed by atoms with E-state index in [0.717, 1.165) is 5.69 Å². The van der Waals surface area contributed by atoms with Crippen LogP contribution in [0.15, 0.2) is 24.3 Å². The summed E-state index contributed by atoms with van der Waals surface area (Å²) in [6.07, 6.45) is 2.37. The van der Waals surface area contributed by atoms with Gasteiger partial charge in [0.1, 0.15) is 0 Å². The lowest BCUT2D eigenvalue weighted by atomic mass is 9.81. The molecule has 0 saturated heterocycles. The molecule has 1 amide bonds. The number of rotatable bonds is 3. The fourth-order valence-electron chi connectivity index (χ4n) is 2.75. The molecule has 1 aromatic rings. The molecule has 1 fully saturated rings. The van der Waals surface area contributed by atoms with Crippen LogP contribution in [0.2, 0.25) is 0 Å². The maximum atomic E-state index is 12.4. The molecule has 0 atom stereocenters. The van der Waals surface area contributed by atoms with Crippen LogP contribution in [0.1, 0.15) is 31.2 Å².